The van der Waals surface area contributed by atoms with Gasteiger partial charge < -0.3 is 5.32 Å². The molecule has 3 aromatic rings. The Kier molecular flexibility index (Phi) is 5.53. The van der Waals surface area contributed by atoms with Crippen LogP contribution in [-0.4, -0.2) is 20.6 Å². The van der Waals surface area contributed by atoms with E-state index in [9.17, 15) is 28.1 Å². The molecule has 10 heteroatoms. The lowest BCUT2D eigenvalue weighted by Crippen LogP contribution is -2.27. The summed E-state index contributed by atoms with van der Waals surface area (Å²) < 4.78 is 40.0. The first-order chi connectivity index (χ1) is 13.6. The second-order valence-electron chi connectivity index (χ2n) is 6.53. The molecule has 29 heavy (non-hydrogen) atoms. The molecule has 0 radical (unpaired) electrons. The van der Waals surface area contributed by atoms with Crippen molar-refractivity contribution in [3.8, 4) is 0 Å². The number of nitro groups is 1. The van der Waals surface area contributed by atoms with E-state index in [4.69, 9.17) is 0 Å². The standard InChI is InChI=1S/C19H17F3N4O3/c1-12(13-3-2-4-15(9-13)19(20,21)22)24-18(27)7-8-25-17-10-16(26(28)29)6-5-14(17)11-23-25/h2-6,9-12H,7-8H2,1H3,(H,24,27). The van der Waals surface area contributed by atoms with Crippen LogP contribution in [0.1, 0.15) is 30.5 Å². The van der Waals surface area contributed by atoms with Gasteiger partial charge in [0.15, 0.2) is 0 Å². The number of amides is 1. The number of non-ortho nitro benzene ring substituents is 1. The van der Waals surface area contributed by atoms with Crippen molar-refractivity contribution in [2.75, 3.05) is 0 Å². The van der Waals surface area contributed by atoms with Crippen LogP contribution in [0.5, 0.6) is 0 Å². The van der Waals surface area contributed by atoms with Gasteiger partial charge in [-0.2, -0.15) is 18.3 Å². The molecule has 0 aliphatic carbocycles. The maximum atomic E-state index is 12.8. The lowest BCUT2D eigenvalue weighted by Gasteiger charge is -2.16. The fraction of sp³-hybridized carbons (Fsp3) is 0.263. The molecule has 1 N–H and O–H groups in total. The van der Waals surface area contributed by atoms with Gasteiger partial charge in [0.2, 0.25) is 5.91 Å². The normalized spacial score (nSPS) is 12.7. The zero-order valence-electron chi connectivity index (χ0n) is 15.3. The average Bonchev–Trinajstić information content (AvgIpc) is 3.08. The van der Waals surface area contributed by atoms with Crippen molar-refractivity contribution < 1.29 is 22.9 Å². The highest BCUT2D eigenvalue weighted by Crippen LogP contribution is 2.30. The summed E-state index contributed by atoms with van der Waals surface area (Å²) in [7, 11) is 0. The van der Waals surface area contributed by atoms with Crippen LogP contribution in [0, 0.1) is 10.1 Å². The van der Waals surface area contributed by atoms with E-state index in [1.165, 1.54) is 28.9 Å². The number of nitro benzene ring substituents is 1. The topological polar surface area (TPSA) is 90.1 Å². The highest BCUT2D eigenvalue weighted by atomic mass is 19.4. The summed E-state index contributed by atoms with van der Waals surface area (Å²) in [5.41, 5.74) is 0.00819. The third kappa shape index (κ3) is 4.71. The van der Waals surface area contributed by atoms with E-state index in [0.29, 0.717) is 16.5 Å². The predicted molar refractivity (Wildman–Crippen MR) is 99.0 cm³/mol. The Balaban J connectivity index is 1.65. The summed E-state index contributed by atoms with van der Waals surface area (Å²) in [4.78, 5) is 22.6. The van der Waals surface area contributed by atoms with Crippen LogP contribution in [0.2, 0.25) is 0 Å². The van der Waals surface area contributed by atoms with E-state index in [2.05, 4.69) is 10.4 Å². The van der Waals surface area contributed by atoms with Crippen LogP contribution in [0.15, 0.2) is 48.7 Å². The summed E-state index contributed by atoms with van der Waals surface area (Å²) in [6, 6.07) is 8.51. The van der Waals surface area contributed by atoms with E-state index < -0.39 is 22.7 Å². The number of nitrogens with zero attached hydrogens (tertiary/aromatic N) is 3. The van der Waals surface area contributed by atoms with Crippen molar-refractivity contribution in [1.82, 2.24) is 15.1 Å². The molecule has 0 aliphatic rings. The number of carbonyl (C=O) groups is 1. The number of hydrogen-bond acceptors (Lipinski definition) is 4. The Morgan fingerprint density at radius 2 is 2.03 bits per heavy atom. The maximum absolute atomic E-state index is 12.8. The monoisotopic (exact) mass is 406 g/mol. The number of nitrogens with one attached hydrogen (secondary N) is 1. The maximum Gasteiger partial charge on any atom is 0.416 e. The Bertz CT molecular complexity index is 1060. The fourth-order valence-electron chi connectivity index (χ4n) is 2.94. The molecular formula is C19H17F3N4O3. The highest BCUT2D eigenvalue weighted by molar-refractivity contribution is 5.81. The SMILES string of the molecule is CC(NC(=O)CCn1ncc2ccc([N+](=O)[O-])cc21)c1cccc(C(F)(F)F)c1. The van der Waals surface area contributed by atoms with Gasteiger partial charge in [0.25, 0.3) is 5.69 Å². The zero-order chi connectivity index (χ0) is 21.2. The number of halogens is 3. The number of rotatable bonds is 6. The molecule has 0 saturated heterocycles. The summed E-state index contributed by atoms with van der Waals surface area (Å²) in [6.45, 7) is 1.77. The third-order valence-electron chi connectivity index (χ3n) is 4.48. The summed E-state index contributed by atoms with van der Waals surface area (Å²) in [6.07, 6.45) is -2.89. The van der Waals surface area contributed by atoms with E-state index in [0.717, 1.165) is 12.1 Å². The largest absolute Gasteiger partial charge is 0.416 e. The number of aryl methyl sites for hydroxylation is 1. The van der Waals surface area contributed by atoms with Gasteiger partial charge in [-0.15, -0.1) is 0 Å². The van der Waals surface area contributed by atoms with Gasteiger partial charge in [0.1, 0.15) is 0 Å². The van der Waals surface area contributed by atoms with Gasteiger partial charge in [-0.25, -0.2) is 0 Å². The van der Waals surface area contributed by atoms with Crippen LogP contribution < -0.4 is 5.32 Å². The quantitative estimate of drug-likeness (QED) is 0.490. The molecule has 7 nitrogen and oxygen atoms in total. The second kappa shape index (κ2) is 7.90. The Labute approximate surface area is 163 Å². The van der Waals surface area contributed by atoms with Crippen LogP contribution in [0.3, 0.4) is 0 Å². The smallest absolute Gasteiger partial charge is 0.350 e. The average molecular weight is 406 g/mol. The van der Waals surface area contributed by atoms with Gasteiger partial charge in [0, 0.05) is 23.9 Å². The van der Waals surface area contributed by atoms with Crippen LogP contribution in [0.4, 0.5) is 18.9 Å². The first-order valence-corrected chi connectivity index (χ1v) is 8.71. The van der Waals surface area contributed by atoms with Gasteiger partial charge in [-0.3, -0.25) is 19.6 Å². The highest BCUT2D eigenvalue weighted by Gasteiger charge is 2.30. The van der Waals surface area contributed by atoms with Crippen molar-refractivity contribution in [3.05, 3.63) is 69.9 Å². The Hall–Kier alpha value is -3.43. The minimum Gasteiger partial charge on any atom is -0.350 e. The molecule has 2 aromatic carbocycles. The lowest BCUT2D eigenvalue weighted by molar-refractivity contribution is -0.384. The van der Waals surface area contributed by atoms with E-state index in [1.54, 1.807) is 19.2 Å². The fourth-order valence-corrected chi connectivity index (χ4v) is 2.94. The van der Waals surface area contributed by atoms with E-state index in [-0.39, 0.29) is 24.6 Å². The van der Waals surface area contributed by atoms with Gasteiger partial charge in [0.05, 0.1) is 34.8 Å². The molecular weight excluding hydrogens is 389 g/mol. The molecule has 0 saturated carbocycles. The number of carbonyl (C=O) groups excluding carboxylic acids is 1. The molecule has 1 amide bonds. The van der Waals surface area contributed by atoms with Gasteiger partial charge in [-0.05, 0) is 30.7 Å². The van der Waals surface area contributed by atoms with E-state index in [1.807, 2.05) is 0 Å². The van der Waals surface area contributed by atoms with Gasteiger partial charge >= 0.3 is 6.18 Å². The van der Waals surface area contributed by atoms with Crippen LogP contribution in [-0.2, 0) is 17.5 Å². The minimum absolute atomic E-state index is 0.0166. The Morgan fingerprint density at radius 3 is 2.72 bits per heavy atom. The van der Waals surface area contributed by atoms with Crippen molar-refractivity contribution in [2.45, 2.75) is 32.1 Å². The minimum atomic E-state index is -4.45. The molecule has 1 unspecified atom stereocenters. The number of fused-ring (bicyclic) bond motifs is 1. The molecule has 152 valence electrons. The molecule has 1 aromatic heterocycles. The second-order valence-corrected chi connectivity index (χ2v) is 6.53. The summed E-state index contributed by atoms with van der Waals surface area (Å²) in [5, 5.41) is 18.4. The summed E-state index contributed by atoms with van der Waals surface area (Å²) >= 11 is 0. The van der Waals surface area contributed by atoms with Crippen LogP contribution in [0.25, 0.3) is 10.9 Å². The predicted octanol–water partition coefficient (Wildman–Crippen LogP) is 4.23. The molecule has 0 fully saturated rings. The van der Waals surface area contributed by atoms with Crippen molar-refractivity contribution >= 4 is 22.5 Å². The molecule has 3 rings (SSSR count). The lowest BCUT2D eigenvalue weighted by atomic mass is 10.0. The third-order valence-corrected chi connectivity index (χ3v) is 4.48. The molecule has 1 heterocycles. The number of alkyl halides is 3. The van der Waals surface area contributed by atoms with Gasteiger partial charge in [-0.1, -0.05) is 12.1 Å². The van der Waals surface area contributed by atoms with Crippen molar-refractivity contribution in [2.24, 2.45) is 0 Å². The molecule has 0 aliphatic heterocycles. The Morgan fingerprint density at radius 1 is 1.28 bits per heavy atom. The molecule has 0 spiro atoms. The molecule has 1 atom stereocenters. The zero-order valence-corrected chi connectivity index (χ0v) is 15.3. The van der Waals surface area contributed by atoms with E-state index >= 15 is 0 Å². The van der Waals surface area contributed by atoms with Crippen LogP contribution >= 0.6 is 0 Å². The first-order valence-electron chi connectivity index (χ1n) is 8.71. The first kappa shape index (κ1) is 20.3. The number of benzene rings is 2. The van der Waals surface area contributed by atoms with Crippen molar-refractivity contribution in [3.63, 3.8) is 0 Å². The molecule has 0 bridgehead atoms. The van der Waals surface area contributed by atoms with Crippen molar-refractivity contribution in [1.29, 1.82) is 0 Å². The number of hydrogen-bond donors (Lipinski definition) is 1. The number of aromatic nitrogens is 2. The summed E-state index contributed by atoms with van der Waals surface area (Å²) in [5.74, 6) is -0.371.